The van der Waals surface area contributed by atoms with Gasteiger partial charge < -0.3 is 5.32 Å². The van der Waals surface area contributed by atoms with Gasteiger partial charge in [-0.3, -0.25) is 4.79 Å². The average Bonchev–Trinajstić information content (AvgIpc) is 2.94. The Morgan fingerprint density at radius 1 is 1.20 bits per heavy atom. The van der Waals surface area contributed by atoms with Gasteiger partial charge in [0.2, 0.25) is 5.91 Å². The van der Waals surface area contributed by atoms with E-state index < -0.39 is 21.6 Å². The van der Waals surface area contributed by atoms with Crippen LogP contribution in [0.2, 0.25) is 0 Å². The van der Waals surface area contributed by atoms with Crippen molar-refractivity contribution in [2.75, 3.05) is 11.1 Å². The van der Waals surface area contributed by atoms with Crippen molar-refractivity contribution in [2.45, 2.75) is 18.2 Å². The van der Waals surface area contributed by atoms with Gasteiger partial charge in [-0.1, -0.05) is 0 Å². The number of hydrogen-bond donors (Lipinski definition) is 1. The number of fused-ring (bicyclic) bond motifs is 1. The maximum Gasteiger partial charge on any atom is 0.225 e. The van der Waals surface area contributed by atoms with Crippen molar-refractivity contribution in [2.24, 2.45) is 0 Å². The van der Waals surface area contributed by atoms with Crippen molar-refractivity contribution >= 4 is 43.0 Å². The molecule has 0 unspecified atom stereocenters. The average molecular weight is 378 g/mol. The predicted octanol–water partition coefficient (Wildman–Crippen LogP) is 3.55. The van der Waals surface area contributed by atoms with Crippen molar-refractivity contribution in [1.82, 2.24) is 4.98 Å². The minimum atomic E-state index is -3.58. The number of benzene rings is 2. The monoisotopic (exact) mass is 378 g/mol. The quantitative estimate of drug-likeness (QED) is 0.737. The molecule has 3 rings (SSSR count). The summed E-state index contributed by atoms with van der Waals surface area (Å²) in [6.07, 6.45) is -0.181. The van der Waals surface area contributed by atoms with E-state index >= 15 is 0 Å². The van der Waals surface area contributed by atoms with Crippen LogP contribution in [-0.2, 0) is 14.6 Å². The Balaban J connectivity index is 1.67. The topological polar surface area (TPSA) is 76.1 Å². The van der Waals surface area contributed by atoms with Crippen molar-refractivity contribution in [3.8, 4) is 0 Å². The third kappa shape index (κ3) is 4.21. The Morgan fingerprint density at radius 2 is 1.92 bits per heavy atom. The summed E-state index contributed by atoms with van der Waals surface area (Å²) in [5, 5.41) is 3.41. The van der Waals surface area contributed by atoms with Crippen LogP contribution in [0.1, 0.15) is 11.4 Å². The van der Waals surface area contributed by atoms with Gasteiger partial charge in [0.05, 0.1) is 25.9 Å². The molecule has 0 aliphatic carbocycles. The van der Waals surface area contributed by atoms with Crippen molar-refractivity contribution < 1.29 is 17.6 Å². The maximum absolute atomic E-state index is 12.8. The van der Waals surface area contributed by atoms with E-state index in [0.717, 1.165) is 15.2 Å². The highest BCUT2D eigenvalue weighted by Gasteiger charge is 2.18. The molecule has 5 nitrogen and oxygen atoms in total. The molecular formula is C17H15FN2O3S2. The second kappa shape index (κ2) is 6.89. The van der Waals surface area contributed by atoms with Gasteiger partial charge in [0.25, 0.3) is 0 Å². The first kappa shape index (κ1) is 17.5. The molecule has 0 fully saturated rings. The van der Waals surface area contributed by atoms with Gasteiger partial charge in [-0.25, -0.2) is 17.8 Å². The lowest BCUT2D eigenvalue weighted by atomic mass is 10.3. The van der Waals surface area contributed by atoms with Crippen molar-refractivity contribution in [3.63, 3.8) is 0 Å². The van der Waals surface area contributed by atoms with Gasteiger partial charge in [-0.15, -0.1) is 11.3 Å². The molecule has 0 bridgehead atoms. The van der Waals surface area contributed by atoms with Gasteiger partial charge in [0.1, 0.15) is 5.82 Å². The van der Waals surface area contributed by atoms with Crippen LogP contribution in [0.25, 0.3) is 10.2 Å². The Morgan fingerprint density at radius 3 is 2.64 bits per heavy atom. The number of hydrogen-bond acceptors (Lipinski definition) is 5. The molecule has 0 spiro atoms. The number of carbonyl (C=O) groups excluding carboxylic acids is 1. The molecule has 0 saturated carbocycles. The number of thiazole rings is 1. The lowest BCUT2D eigenvalue weighted by Gasteiger charge is -2.06. The van der Waals surface area contributed by atoms with Crippen LogP contribution >= 0.6 is 11.3 Å². The third-order valence-electron chi connectivity index (χ3n) is 3.55. The summed E-state index contributed by atoms with van der Waals surface area (Å²) in [5.41, 5.74) is 1.18. The molecule has 1 N–H and O–H groups in total. The zero-order valence-corrected chi connectivity index (χ0v) is 15.0. The zero-order valence-electron chi connectivity index (χ0n) is 13.3. The predicted molar refractivity (Wildman–Crippen MR) is 96.1 cm³/mol. The largest absolute Gasteiger partial charge is 0.326 e. The first-order chi connectivity index (χ1) is 11.8. The Hall–Kier alpha value is -2.32. The number of anilines is 1. The molecule has 1 heterocycles. The molecule has 8 heteroatoms. The molecule has 0 aliphatic heterocycles. The normalized spacial score (nSPS) is 11.6. The third-order valence-corrected chi connectivity index (χ3v) is 6.20. The molecule has 3 aromatic rings. The minimum Gasteiger partial charge on any atom is -0.326 e. The van der Waals surface area contributed by atoms with Gasteiger partial charge in [0, 0.05) is 12.1 Å². The second-order valence-corrected chi connectivity index (χ2v) is 8.83. The number of nitrogens with one attached hydrogen (secondary N) is 1. The molecule has 25 heavy (non-hydrogen) atoms. The summed E-state index contributed by atoms with van der Waals surface area (Å²) in [6, 6.07) is 10.0. The van der Waals surface area contributed by atoms with Crippen molar-refractivity contribution in [3.05, 3.63) is 53.3 Å². The SMILES string of the molecule is Cc1nc2ccc(S(=O)(=O)CCC(=O)Nc3ccc(F)cc3)cc2s1. The van der Waals surface area contributed by atoms with E-state index in [1.165, 1.54) is 41.7 Å². The van der Waals surface area contributed by atoms with E-state index in [-0.39, 0.29) is 17.1 Å². The molecule has 1 aromatic heterocycles. The standard InChI is InChI=1S/C17H15FN2O3S2/c1-11-19-15-7-6-14(10-16(15)24-11)25(22,23)9-8-17(21)20-13-4-2-12(18)3-5-13/h2-7,10H,8-9H2,1H3,(H,20,21). The van der Waals surface area contributed by atoms with Crippen molar-refractivity contribution in [1.29, 1.82) is 0 Å². The van der Waals surface area contributed by atoms with Crippen LogP contribution < -0.4 is 5.32 Å². The summed E-state index contributed by atoms with van der Waals surface area (Å²) >= 11 is 1.42. The lowest BCUT2D eigenvalue weighted by molar-refractivity contribution is -0.115. The summed E-state index contributed by atoms with van der Waals surface area (Å²) in [4.78, 5) is 16.4. The van der Waals surface area contributed by atoms with E-state index in [1.807, 2.05) is 6.92 Å². The Kier molecular flexibility index (Phi) is 4.82. The highest BCUT2D eigenvalue weighted by atomic mass is 32.2. The Labute approximate surface area is 148 Å². The summed E-state index contributed by atoms with van der Waals surface area (Å²) in [5.74, 6) is -1.15. The van der Waals surface area contributed by atoms with Crippen LogP contribution in [0.15, 0.2) is 47.4 Å². The van der Waals surface area contributed by atoms with Crippen LogP contribution in [0.4, 0.5) is 10.1 Å². The Bertz CT molecular complexity index is 1030. The molecule has 0 radical (unpaired) electrons. The fourth-order valence-corrected chi connectivity index (χ4v) is 4.52. The fraction of sp³-hybridized carbons (Fsp3) is 0.176. The van der Waals surface area contributed by atoms with E-state index in [4.69, 9.17) is 0 Å². The summed E-state index contributed by atoms with van der Waals surface area (Å²) in [6.45, 7) is 1.86. The van der Waals surface area contributed by atoms with Gasteiger partial charge in [-0.2, -0.15) is 0 Å². The first-order valence-electron chi connectivity index (χ1n) is 7.49. The number of halogens is 1. The van der Waals surface area contributed by atoms with E-state index in [1.54, 1.807) is 12.1 Å². The van der Waals surface area contributed by atoms with E-state index in [0.29, 0.717) is 5.69 Å². The highest BCUT2D eigenvalue weighted by Crippen LogP contribution is 2.25. The second-order valence-electron chi connectivity index (χ2n) is 5.49. The number of rotatable bonds is 5. The van der Waals surface area contributed by atoms with Gasteiger partial charge >= 0.3 is 0 Å². The summed E-state index contributed by atoms with van der Waals surface area (Å²) in [7, 11) is -3.58. The van der Waals surface area contributed by atoms with E-state index in [2.05, 4.69) is 10.3 Å². The molecule has 130 valence electrons. The van der Waals surface area contributed by atoms with Gasteiger partial charge in [-0.05, 0) is 49.4 Å². The number of aryl methyl sites for hydroxylation is 1. The summed E-state index contributed by atoms with van der Waals surface area (Å²) < 4.78 is 38.5. The number of amides is 1. The van der Waals surface area contributed by atoms with Crippen LogP contribution in [0.5, 0.6) is 0 Å². The molecular weight excluding hydrogens is 363 g/mol. The van der Waals surface area contributed by atoms with E-state index in [9.17, 15) is 17.6 Å². The fourth-order valence-electron chi connectivity index (χ4n) is 2.32. The number of sulfone groups is 1. The molecule has 1 amide bonds. The zero-order chi connectivity index (χ0) is 18.0. The maximum atomic E-state index is 12.8. The highest BCUT2D eigenvalue weighted by molar-refractivity contribution is 7.91. The van der Waals surface area contributed by atoms with Gasteiger partial charge in [0.15, 0.2) is 9.84 Å². The molecule has 0 aliphatic rings. The van der Waals surface area contributed by atoms with Crippen LogP contribution in [0.3, 0.4) is 0 Å². The minimum absolute atomic E-state index is 0.179. The van der Waals surface area contributed by atoms with Crippen LogP contribution in [-0.4, -0.2) is 25.1 Å². The molecule has 0 atom stereocenters. The number of aromatic nitrogens is 1. The lowest BCUT2D eigenvalue weighted by Crippen LogP contribution is -2.17. The first-order valence-corrected chi connectivity index (χ1v) is 9.96. The molecule has 2 aromatic carbocycles. The smallest absolute Gasteiger partial charge is 0.225 e. The number of nitrogens with zero attached hydrogens (tertiary/aromatic N) is 1. The molecule has 0 saturated heterocycles. The van der Waals surface area contributed by atoms with Crippen LogP contribution in [0, 0.1) is 12.7 Å². The number of carbonyl (C=O) groups is 1.